The zero-order valence-corrected chi connectivity index (χ0v) is 12.9. The number of hydrogen-bond acceptors (Lipinski definition) is 3. The second kappa shape index (κ2) is 8.82. The van der Waals surface area contributed by atoms with Gasteiger partial charge < -0.3 is 15.8 Å². The maximum absolute atomic E-state index is 11.6. The molecule has 0 fully saturated rings. The van der Waals surface area contributed by atoms with E-state index in [-0.39, 0.29) is 18.6 Å². The van der Waals surface area contributed by atoms with Crippen molar-refractivity contribution in [2.75, 3.05) is 13.2 Å². The van der Waals surface area contributed by atoms with Gasteiger partial charge in [0.1, 0.15) is 5.75 Å². The summed E-state index contributed by atoms with van der Waals surface area (Å²) in [5.41, 5.74) is 6.66. The third-order valence-corrected chi connectivity index (χ3v) is 3.17. The average molecular weight is 299 g/mol. The molecule has 0 saturated carbocycles. The van der Waals surface area contributed by atoms with E-state index < -0.39 is 0 Å². The Hall–Kier alpha value is -1.26. The van der Waals surface area contributed by atoms with Crippen molar-refractivity contribution >= 4 is 17.5 Å². The van der Waals surface area contributed by atoms with Crippen molar-refractivity contribution in [3.8, 4) is 5.75 Å². The van der Waals surface area contributed by atoms with Crippen LogP contribution < -0.4 is 15.8 Å². The fourth-order valence-corrected chi connectivity index (χ4v) is 2.04. The van der Waals surface area contributed by atoms with E-state index in [0.29, 0.717) is 23.7 Å². The first-order valence-corrected chi connectivity index (χ1v) is 7.34. The summed E-state index contributed by atoms with van der Waals surface area (Å²) >= 11 is 6.16. The van der Waals surface area contributed by atoms with Crippen LogP contribution in [-0.4, -0.2) is 25.1 Å². The van der Waals surface area contributed by atoms with E-state index in [4.69, 9.17) is 22.1 Å². The van der Waals surface area contributed by atoms with Gasteiger partial charge in [0.25, 0.3) is 5.91 Å². The molecule has 5 heteroatoms. The van der Waals surface area contributed by atoms with Gasteiger partial charge in [0.15, 0.2) is 6.61 Å². The van der Waals surface area contributed by atoms with Gasteiger partial charge in [-0.1, -0.05) is 31.0 Å². The number of benzene rings is 1. The van der Waals surface area contributed by atoms with Crippen LogP contribution in [0.3, 0.4) is 0 Å². The number of halogens is 1. The minimum absolute atomic E-state index is 0.00396. The number of carbonyl (C=O) groups excluding carboxylic acids is 1. The number of amides is 1. The van der Waals surface area contributed by atoms with Crippen molar-refractivity contribution in [2.45, 2.75) is 39.2 Å². The summed E-state index contributed by atoms with van der Waals surface area (Å²) in [6.45, 7) is 4.66. The minimum Gasteiger partial charge on any atom is -0.483 e. The van der Waals surface area contributed by atoms with Crippen LogP contribution in [0.2, 0.25) is 5.02 Å². The summed E-state index contributed by atoms with van der Waals surface area (Å²) in [4.78, 5) is 11.6. The molecule has 1 aromatic carbocycles. The average Bonchev–Trinajstić information content (AvgIpc) is 2.39. The summed E-state index contributed by atoms with van der Waals surface area (Å²) in [6, 6.07) is 5.39. The topological polar surface area (TPSA) is 64.3 Å². The largest absolute Gasteiger partial charge is 0.483 e. The second-order valence-corrected chi connectivity index (χ2v) is 5.30. The quantitative estimate of drug-likeness (QED) is 0.725. The molecule has 4 nitrogen and oxygen atoms in total. The molecule has 1 unspecified atom stereocenters. The minimum atomic E-state index is -0.120. The monoisotopic (exact) mass is 298 g/mol. The molecule has 1 aromatic rings. The summed E-state index contributed by atoms with van der Waals surface area (Å²) in [6.07, 6.45) is 2.64. The highest BCUT2D eigenvalue weighted by Crippen LogP contribution is 2.27. The van der Waals surface area contributed by atoms with Crippen molar-refractivity contribution in [3.63, 3.8) is 0 Å². The van der Waals surface area contributed by atoms with E-state index in [2.05, 4.69) is 12.2 Å². The molecule has 3 N–H and O–H groups in total. The van der Waals surface area contributed by atoms with Gasteiger partial charge in [0, 0.05) is 23.2 Å². The normalized spacial score (nSPS) is 12.0. The molecule has 1 rings (SSSR count). The number of unbranched alkanes of at least 4 members (excludes halogenated alkanes) is 1. The first-order valence-electron chi connectivity index (χ1n) is 6.97. The summed E-state index contributed by atoms with van der Waals surface area (Å²) in [7, 11) is 0. The van der Waals surface area contributed by atoms with E-state index in [1.807, 2.05) is 13.0 Å². The molecule has 1 atom stereocenters. The molecule has 0 heterocycles. The molecule has 0 radical (unpaired) electrons. The van der Waals surface area contributed by atoms with E-state index >= 15 is 0 Å². The summed E-state index contributed by atoms with van der Waals surface area (Å²) < 4.78 is 5.56. The summed E-state index contributed by atoms with van der Waals surface area (Å²) in [5, 5.41) is 3.42. The number of carbonyl (C=O) groups is 1. The van der Waals surface area contributed by atoms with Crippen molar-refractivity contribution in [2.24, 2.45) is 5.73 Å². The highest BCUT2D eigenvalue weighted by molar-refractivity contribution is 6.31. The molecule has 0 aliphatic carbocycles. The Morgan fingerprint density at radius 2 is 2.25 bits per heavy atom. The maximum Gasteiger partial charge on any atom is 0.257 e. The first kappa shape index (κ1) is 16.8. The number of hydrogen-bond donors (Lipinski definition) is 2. The van der Waals surface area contributed by atoms with E-state index in [1.54, 1.807) is 12.1 Å². The predicted octanol–water partition coefficient (Wildman–Crippen LogP) is 2.52. The van der Waals surface area contributed by atoms with Crippen LogP contribution in [0.15, 0.2) is 18.2 Å². The molecular weight excluding hydrogens is 276 g/mol. The molecule has 0 spiro atoms. The van der Waals surface area contributed by atoms with E-state index in [1.165, 1.54) is 0 Å². The van der Waals surface area contributed by atoms with Crippen LogP contribution in [0.4, 0.5) is 0 Å². The SMILES string of the molecule is CCCCNC(=O)COc1cccc(Cl)c1CC(C)N. The molecule has 0 saturated heterocycles. The molecule has 0 bridgehead atoms. The molecule has 0 aromatic heterocycles. The highest BCUT2D eigenvalue weighted by Gasteiger charge is 2.11. The van der Waals surface area contributed by atoms with Crippen LogP contribution in [0.5, 0.6) is 5.75 Å². The molecule has 20 heavy (non-hydrogen) atoms. The Balaban J connectivity index is 2.58. The Kier molecular flexibility index (Phi) is 7.41. The first-order chi connectivity index (χ1) is 9.54. The Labute approximate surface area is 125 Å². The second-order valence-electron chi connectivity index (χ2n) is 4.89. The standard InChI is InChI=1S/C15H23ClN2O2/c1-3-4-8-18-15(19)10-20-14-7-5-6-13(16)12(14)9-11(2)17/h5-7,11H,3-4,8-10,17H2,1-2H3,(H,18,19). The van der Waals surface area contributed by atoms with Gasteiger partial charge in [-0.3, -0.25) is 4.79 Å². The number of rotatable bonds is 8. The van der Waals surface area contributed by atoms with Crippen LogP contribution in [-0.2, 0) is 11.2 Å². The van der Waals surface area contributed by atoms with Gasteiger partial charge in [0.2, 0.25) is 0 Å². The fourth-order valence-electron chi connectivity index (χ4n) is 1.79. The number of ether oxygens (including phenoxy) is 1. The molecule has 112 valence electrons. The molecular formula is C15H23ClN2O2. The van der Waals surface area contributed by atoms with Crippen molar-refractivity contribution in [3.05, 3.63) is 28.8 Å². The molecule has 0 aliphatic heterocycles. The lowest BCUT2D eigenvalue weighted by Crippen LogP contribution is -2.30. The van der Waals surface area contributed by atoms with Crippen LogP contribution in [0.1, 0.15) is 32.3 Å². The number of nitrogens with one attached hydrogen (secondary N) is 1. The molecule has 1 amide bonds. The van der Waals surface area contributed by atoms with Crippen molar-refractivity contribution < 1.29 is 9.53 Å². The zero-order valence-electron chi connectivity index (χ0n) is 12.1. The van der Waals surface area contributed by atoms with Crippen LogP contribution in [0.25, 0.3) is 0 Å². The zero-order chi connectivity index (χ0) is 15.0. The van der Waals surface area contributed by atoms with Crippen LogP contribution >= 0.6 is 11.6 Å². The van der Waals surface area contributed by atoms with Crippen molar-refractivity contribution in [1.29, 1.82) is 0 Å². The lowest BCUT2D eigenvalue weighted by atomic mass is 10.1. The molecule has 0 aliphatic rings. The van der Waals surface area contributed by atoms with E-state index in [9.17, 15) is 4.79 Å². The Morgan fingerprint density at radius 3 is 2.90 bits per heavy atom. The van der Waals surface area contributed by atoms with Gasteiger partial charge in [-0.25, -0.2) is 0 Å². The van der Waals surface area contributed by atoms with Crippen LogP contribution in [0, 0.1) is 0 Å². The van der Waals surface area contributed by atoms with Crippen molar-refractivity contribution in [1.82, 2.24) is 5.32 Å². The summed E-state index contributed by atoms with van der Waals surface area (Å²) in [5.74, 6) is 0.505. The Bertz CT molecular complexity index is 436. The smallest absolute Gasteiger partial charge is 0.257 e. The predicted molar refractivity (Wildman–Crippen MR) is 82.2 cm³/mol. The third kappa shape index (κ3) is 5.80. The lowest BCUT2D eigenvalue weighted by Gasteiger charge is -2.14. The van der Waals surface area contributed by atoms with Gasteiger partial charge >= 0.3 is 0 Å². The fraction of sp³-hybridized carbons (Fsp3) is 0.533. The Morgan fingerprint density at radius 1 is 1.50 bits per heavy atom. The maximum atomic E-state index is 11.6. The van der Waals surface area contributed by atoms with Gasteiger partial charge in [-0.15, -0.1) is 0 Å². The van der Waals surface area contributed by atoms with Gasteiger partial charge in [0.05, 0.1) is 0 Å². The van der Waals surface area contributed by atoms with Gasteiger partial charge in [-0.2, -0.15) is 0 Å². The highest BCUT2D eigenvalue weighted by atomic mass is 35.5. The van der Waals surface area contributed by atoms with E-state index in [0.717, 1.165) is 18.4 Å². The lowest BCUT2D eigenvalue weighted by molar-refractivity contribution is -0.123. The van der Waals surface area contributed by atoms with Gasteiger partial charge in [-0.05, 0) is 31.9 Å². The third-order valence-electron chi connectivity index (χ3n) is 2.81. The number of nitrogens with two attached hydrogens (primary N) is 1.